The van der Waals surface area contributed by atoms with E-state index in [1.807, 2.05) is 32.0 Å². The Hall–Kier alpha value is -2.01. The molecule has 1 aromatic carbocycles. The Morgan fingerprint density at radius 1 is 1.11 bits per heavy atom. The molecule has 0 atom stereocenters. The van der Waals surface area contributed by atoms with Crippen LogP contribution in [-0.4, -0.2) is 23.5 Å². The minimum atomic E-state index is -0.140. The summed E-state index contributed by atoms with van der Waals surface area (Å²) in [5.41, 5.74) is 1.33. The summed E-state index contributed by atoms with van der Waals surface area (Å²) in [5, 5.41) is 12.7. The topological polar surface area (TPSA) is 64.7 Å². The van der Waals surface area contributed by atoms with Crippen molar-refractivity contribution >= 4 is 0 Å². The van der Waals surface area contributed by atoms with Gasteiger partial charge in [-0.25, -0.2) is 0 Å². The molecule has 1 aromatic heterocycles. The third-order valence-electron chi connectivity index (χ3n) is 2.55. The van der Waals surface area contributed by atoms with Crippen LogP contribution in [0.1, 0.15) is 19.5 Å². The number of aromatic nitrogens is 1. The largest absolute Gasteiger partial charge is 0.490 e. The second-order valence-electron chi connectivity index (χ2n) is 3.87. The lowest BCUT2D eigenvalue weighted by Crippen LogP contribution is -1.98. The quantitative estimate of drug-likeness (QED) is 0.867. The van der Waals surface area contributed by atoms with E-state index in [2.05, 4.69) is 5.16 Å². The smallest absolute Gasteiger partial charge is 0.167 e. The van der Waals surface area contributed by atoms with Gasteiger partial charge in [0.05, 0.1) is 19.8 Å². The fourth-order valence-corrected chi connectivity index (χ4v) is 1.73. The van der Waals surface area contributed by atoms with E-state index in [1.165, 1.54) is 0 Å². The molecule has 0 bridgehead atoms. The Labute approximate surface area is 111 Å². The molecule has 0 spiro atoms. The summed E-state index contributed by atoms with van der Waals surface area (Å²) in [6, 6.07) is 7.25. The van der Waals surface area contributed by atoms with E-state index in [0.29, 0.717) is 36.2 Å². The van der Waals surface area contributed by atoms with Gasteiger partial charge in [-0.05, 0) is 32.0 Å². The minimum absolute atomic E-state index is 0.140. The molecule has 0 saturated carbocycles. The molecule has 5 heteroatoms. The zero-order valence-electron chi connectivity index (χ0n) is 11.0. The Morgan fingerprint density at radius 3 is 2.47 bits per heavy atom. The lowest BCUT2D eigenvalue weighted by atomic mass is 10.1. The van der Waals surface area contributed by atoms with E-state index in [1.54, 1.807) is 6.07 Å². The van der Waals surface area contributed by atoms with E-state index in [4.69, 9.17) is 19.1 Å². The van der Waals surface area contributed by atoms with Gasteiger partial charge in [0.1, 0.15) is 5.69 Å². The second kappa shape index (κ2) is 6.24. The summed E-state index contributed by atoms with van der Waals surface area (Å²) in [7, 11) is 0. The maximum atomic E-state index is 8.98. The van der Waals surface area contributed by atoms with Crippen LogP contribution in [0.5, 0.6) is 11.5 Å². The van der Waals surface area contributed by atoms with Crippen molar-refractivity contribution in [1.82, 2.24) is 5.16 Å². The van der Waals surface area contributed by atoms with Crippen LogP contribution in [0.15, 0.2) is 28.8 Å². The zero-order valence-corrected chi connectivity index (χ0v) is 11.0. The second-order valence-corrected chi connectivity index (χ2v) is 3.87. The van der Waals surface area contributed by atoms with Crippen molar-refractivity contribution in [3.05, 3.63) is 30.0 Å². The Morgan fingerprint density at radius 2 is 1.84 bits per heavy atom. The van der Waals surface area contributed by atoms with Crippen molar-refractivity contribution in [3.63, 3.8) is 0 Å². The first-order chi connectivity index (χ1) is 9.28. The van der Waals surface area contributed by atoms with Crippen LogP contribution >= 0.6 is 0 Å². The molecule has 2 aromatic rings. The molecule has 0 aliphatic heterocycles. The van der Waals surface area contributed by atoms with Gasteiger partial charge in [-0.1, -0.05) is 5.16 Å². The van der Waals surface area contributed by atoms with Crippen molar-refractivity contribution in [2.75, 3.05) is 13.2 Å². The molecule has 0 saturated heterocycles. The average molecular weight is 263 g/mol. The van der Waals surface area contributed by atoms with Gasteiger partial charge in [0.15, 0.2) is 17.3 Å². The number of nitrogens with zero attached hydrogens (tertiary/aromatic N) is 1. The van der Waals surface area contributed by atoms with Crippen LogP contribution in [0.3, 0.4) is 0 Å². The highest BCUT2D eigenvalue weighted by Gasteiger charge is 2.11. The number of hydrogen-bond acceptors (Lipinski definition) is 5. The molecule has 2 rings (SSSR count). The van der Waals surface area contributed by atoms with E-state index in [0.717, 1.165) is 5.56 Å². The molecule has 0 amide bonds. The summed E-state index contributed by atoms with van der Waals surface area (Å²) >= 11 is 0. The highest BCUT2D eigenvalue weighted by Crippen LogP contribution is 2.33. The molecule has 19 heavy (non-hydrogen) atoms. The number of ether oxygens (including phenoxy) is 2. The van der Waals surface area contributed by atoms with Gasteiger partial charge in [0.25, 0.3) is 0 Å². The molecule has 0 aliphatic rings. The first-order valence-corrected chi connectivity index (χ1v) is 6.25. The molecule has 5 nitrogen and oxygen atoms in total. The van der Waals surface area contributed by atoms with Crippen molar-refractivity contribution in [2.45, 2.75) is 20.5 Å². The summed E-state index contributed by atoms with van der Waals surface area (Å²) < 4.78 is 16.2. The average Bonchev–Trinajstić information content (AvgIpc) is 2.90. The maximum Gasteiger partial charge on any atom is 0.167 e. The Kier molecular flexibility index (Phi) is 4.41. The normalized spacial score (nSPS) is 10.5. The van der Waals surface area contributed by atoms with Gasteiger partial charge in [0, 0.05) is 11.6 Å². The fourth-order valence-electron chi connectivity index (χ4n) is 1.73. The van der Waals surface area contributed by atoms with Crippen LogP contribution in [0.2, 0.25) is 0 Å². The van der Waals surface area contributed by atoms with E-state index >= 15 is 0 Å². The summed E-state index contributed by atoms with van der Waals surface area (Å²) in [4.78, 5) is 0. The molecule has 1 heterocycles. The molecule has 0 radical (unpaired) electrons. The van der Waals surface area contributed by atoms with Crippen molar-refractivity contribution in [2.24, 2.45) is 0 Å². The minimum Gasteiger partial charge on any atom is -0.490 e. The molecule has 0 unspecified atom stereocenters. The van der Waals surface area contributed by atoms with Gasteiger partial charge in [-0.15, -0.1) is 0 Å². The molecular formula is C14H17NO4. The lowest BCUT2D eigenvalue weighted by Gasteiger charge is -2.11. The monoisotopic (exact) mass is 263 g/mol. The van der Waals surface area contributed by atoms with Gasteiger partial charge >= 0.3 is 0 Å². The van der Waals surface area contributed by atoms with Crippen LogP contribution in [0.25, 0.3) is 11.3 Å². The van der Waals surface area contributed by atoms with Crippen LogP contribution in [0.4, 0.5) is 0 Å². The first kappa shape index (κ1) is 13.4. The van der Waals surface area contributed by atoms with Crippen molar-refractivity contribution in [1.29, 1.82) is 0 Å². The highest BCUT2D eigenvalue weighted by atomic mass is 16.5. The molecule has 1 N–H and O–H groups in total. The number of benzene rings is 1. The van der Waals surface area contributed by atoms with Gasteiger partial charge in [0.2, 0.25) is 0 Å². The van der Waals surface area contributed by atoms with Crippen LogP contribution in [0, 0.1) is 0 Å². The third-order valence-corrected chi connectivity index (χ3v) is 2.55. The van der Waals surface area contributed by atoms with Crippen molar-refractivity contribution < 1.29 is 19.1 Å². The van der Waals surface area contributed by atoms with Gasteiger partial charge in [-0.3, -0.25) is 0 Å². The van der Waals surface area contributed by atoms with E-state index in [9.17, 15) is 0 Å². The standard InChI is InChI=1S/C14H17NO4/c1-3-17-12-6-5-10(7-14(12)18-4-2)13-8-11(9-16)15-19-13/h5-8,16H,3-4,9H2,1-2H3. The summed E-state index contributed by atoms with van der Waals surface area (Å²) in [6.07, 6.45) is 0. The molecule has 0 aliphatic carbocycles. The Bertz CT molecular complexity index is 536. The summed E-state index contributed by atoms with van der Waals surface area (Å²) in [6.45, 7) is 4.84. The van der Waals surface area contributed by atoms with Gasteiger partial charge < -0.3 is 19.1 Å². The Balaban J connectivity index is 2.33. The summed E-state index contributed by atoms with van der Waals surface area (Å²) in [5.74, 6) is 1.96. The maximum absolute atomic E-state index is 8.98. The lowest BCUT2D eigenvalue weighted by molar-refractivity contribution is 0.267. The molecule has 0 fully saturated rings. The van der Waals surface area contributed by atoms with Crippen molar-refractivity contribution in [3.8, 4) is 22.8 Å². The number of rotatable bonds is 6. The van der Waals surface area contributed by atoms with E-state index < -0.39 is 0 Å². The van der Waals surface area contributed by atoms with Crippen LogP contribution < -0.4 is 9.47 Å². The number of aliphatic hydroxyl groups excluding tert-OH is 1. The molecule has 102 valence electrons. The predicted octanol–water partition coefficient (Wildman–Crippen LogP) is 2.63. The third kappa shape index (κ3) is 3.06. The zero-order chi connectivity index (χ0) is 13.7. The SMILES string of the molecule is CCOc1ccc(-c2cc(CO)no2)cc1OCC. The number of aliphatic hydroxyl groups is 1. The fraction of sp³-hybridized carbons (Fsp3) is 0.357. The van der Waals surface area contributed by atoms with Gasteiger partial charge in [-0.2, -0.15) is 0 Å². The van der Waals surface area contributed by atoms with Crippen LogP contribution in [-0.2, 0) is 6.61 Å². The molecular weight excluding hydrogens is 246 g/mol. The highest BCUT2D eigenvalue weighted by molar-refractivity contribution is 5.62. The number of hydrogen-bond donors (Lipinski definition) is 1. The first-order valence-electron chi connectivity index (χ1n) is 6.25. The van der Waals surface area contributed by atoms with E-state index in [-0.39, 0.29) is 6.61 Å². The predicted molar refractivity (Wildman–Crippen MR) is 70.2 cm³/mol.